The summed E-state index contributed by atoms with van der Waals surface area (Å²) in [7, 11) is 0. The van der Waals surface area contributed by atoms with Crippen molar-refractivity contribution in [2.24, 2.45) is 0 Å². The molecule has 0 unspecified atom stereocenters. The Bertz CT molecular complexity index is 966. The second kappa shape index (κ2) is 9.39. The molecule has 1 aliphatic rings. The molecule has 1 fully saturated rings. The van der Waals surface area contributed by atoms with E-state index in [-0.39, 0.29) is 12.0 Å². The van der Waals surface area contributed by atoms with Crippen molar-refractivity contribution < 1.29 is 9.53 Å². The van der Waals surface area contributed by atoms with Crippen LogP contribution in [0.2, 0.25) is 0 Å². The van der Waals surface area contributed by atoms with E-state index in [0.717, 1.165) is 24.5 Å². The standard InChI is InChI=1S/C22H26N6O2/c1-16-26-19(14-20(27-16)28-12-4-5-13-28)23-10-11-24-22(29)17-8-9-21(25-15-17)30-18-6-2-3-7-18/h4-5,8-9,12-15,18H,2-3,6-7,10-11H2,1H3,(H,24,29)(H,23,26,27). The zero-order valence-corrected chi connectivity index (χ0v) is 17.0. The molecule has 30 heavy (non-hydrogen) atoms. The van der Waals surface area contributed by atoms with Crippen molar-refractivity contribution in [1.82, 2.24) is 24.8 Å². The Morgan fingerprint density at radius 2 is 1.97 bits per heavy atom. The largest absolute Gasteiger partial charge is 0.474 e. The summed E-state index contributed by atoms with van der Waals surface area (Å²) in [5.74, 6) is 2.61. The van der Waals surface area contributed by atoms with Gasteiger partial charge in [0.15, 0.2) is 0 Å². The van der Waals surface area contributed by atoms with E-state index in [1.165, 1.54) is 12.8 Å². The number of carbonyl (C=O) groups is 1. The number of carbonyl (C=O) groups excluding carboxylic acids is 1. The fraction of sp³-hybridized carbons (Fsp3) is 0.364. The molecule has 0 atom stereocenters. The fourth-order valence-corrected chi connectivity index (χ4v) is 3.49. The molecule has 1 amide bonds. The first kappa shape index (κ1) is 19.9. The Morgan fingerprint density at radius 3 is 2.70 bits per heavy atom. The van der Waals surface area contributed by atoms with Crippen LogP contribution in [-0.4, -0.2) is 44.6 Å². The first-order valence-corrected chi connectivity index (χ1v) is 10.3. The van der Waals surface area contributed by atoms with Gasteiger partial charge >= 0.3 is 0 Å². The number of anilines is 1. The Morgan fingerprint density at radius 1 is 1.17 bits per heavy atom. The van der Waals surface area contributed by atoms with Gasteiger partial charge in [0.25, 0.3) is 5.91 Å². The average Bonchev–Trinajstić information content (AvgIpc) is 3.45. The van der Waals surface area contributed by atoms with Gasteiger partial charge in [-0.05, 0) is 50.8 Å². The molecule has 1 saturated carbocycles. The summed E-state index contributed by atoms with van der Waals surface area (Å²) in [4.78, 5) is 25.4. The molecule has 3 aromatic rings. The number of rotatable bonds is 8. The van der Waals surface area contributed by atoms with Gasteiger partial charge in [0, 0.05) is 43.8 Å². The van der Waals surface area contributed by atoms with Gasteiger partial charge in [-0.25, -0.2) is 15.0 Å². The highest BCUT2D eigenvalue weighted by atomic mass is 16.5. The zero-order valence-electron chi connectivity index (χ0n) is 17.0. The van der Waals surface area contributed by atoms with E-state index in [2.05, 4.69) is 25.6 Å². The monoisotopic (exact) mass is 406 g/mol. The summed E-state index contributed by atoms with van der Waals surface area (Å²) in [6.07, 6.45) is 10.3. The van der Waals surface area contributed by atoms with Crippen LogP contribution in [0.4, 0.5) is 5.82 Å². The van der Waals surface area contributed by atoms with Gasteiger partial charge < -0.3 is 19.9 Å². The molecule has 0 aliphatic heterocycles. The molecule has 8 nitrogen and oxygen atoms in total. The summed E-state index contributed by atoms with van der Waals surface area (Å²) in [6, 6.07) is 9.28. The molecular formula is C22H26N6O2. The lowest BCUT2D eigenvalue weighted by atomic mass is 10.2. The maximum Gasteiger partial charge on any atom is 0.252 e. The Labute approximate surface area is 175 Å². The van der Waals surface area contributed by atoms with Gasteiger partial charge in [-0.2, -0.15) is 0 Å². The Kier molecular flexibility index (Phi) is 6.22. The third-order valence-electron chi connectivity index (χ3n) is 5.00. The first-order valence-electron chi connectivity index (χ1n) is 10.3. The fourth-order valence-electron chi connectivity index (χ4n) is 3.49. The van der Waals surface area contributed by atoms with Gasteiger partial charge in [-0.1, -0.05) is 0 Å². The van der Waals surface area contributed by atoms with Crippen LogP contribution in [0, 0.1) is 6.92 Å². The van der Waals surface area contributed by atoms with Crippen molar-refractivity contribution in [1.29, 1.82) is 0 Å². The van der Waals surface area contributed by atoms with Gasteiger partial charge in [-0.15, -0.1) is 0 Å². The summed E-state index contributed by atoms with van der Waals surface area (Å²) in [5.41, 5.74) is 0.515. The van der Waals surface area contributed by atoms with E-state index >= 15 is 0 Å². The van der Waals surface area contributed by atoms with Crippen LogP contribution in [0.25, 0.3) is 5.82 Å². The van der Waals surface area contributed by atoms with Gasteiger partial charge in [-0.3, -0.25) is 4.79 Å². The lowest BCUT2D eigenvalue weighted by Gasteiger charge is -2.12. The highest BCUT2D eigenvalue weighted by molar-refractivity contribution is 5.93. The molecule has 0 radical (unpaired) electrons. The number of amides is 1. The summed E-state index contributed by atoms with van der Waals surface area (Å²) in [5, 5.41) is 6.12. The van der Waals surface area contributed by atoms with Crippen molar-refractivity contribution in [3.05, 3.63) is 60.3 Å². The van der Waals surface area contributed by atoms with Crippen LogP contribution in [0.15, 0.2) is 48.9 Å². The van der Waals surface area contributed by atoms with Crippen LogP contribution >= 0.6 is 0 Å². The van der Waals surface area contributed by atoms with Crippen LogP contribution in [0.5, 0.6) is 5.88 Å². The number of nitrogens with zero attached hydrogens (tertiary/aromatic N) is 4. The topological polar surface area (TPSA) is 94.0 Å². The highest BCUT2D eigenvalue weighted by Crippen LogP contribution is 2.22. The van der Waals surface area contributed by atoms with Crippen molar-refractivity contribution in [2.45, 2.75) is 38.7 Å². The van der Waals surface area contributed by atoms with Crippen molar-refractivity contribution in [3.63, 3.8) is 0 Å². The maximum absolute atomic E-state index is 12.3. The number of hydrogen-bond acceptors (Lipinski definition) is 6. The van der Waals surface area contributed by atoms with E-state index in [1.807, 2.05) is 42.1 Å². The van der Waals surface area contributed by atoms with Gasteiger partial charge in [0.05, 0.1) is 5.56 Å². The molecule has 0 saturated heterocycles. The zero-order chi connectivity index (χ0) is 20.8. The quantitative estimate of drug-likeness (QED) is 0.558. The van der Waals surface area contributed by atoms with Crippen LogP contribution in [-0.2, 0) is 0 Å². The number of pyridine rings is 1. The number of ether oxygens (including phenoxy) is 1. The van der Waals surface area contributed by atoms with Gasteiger partial charge in [0.2, 0.25) is 5.88 Å². The Hall–Kier alpha value is -3.42. The lowest BCUT2D eigenvalue weighted by molar-refractivity contribution is 0.0954. The Balaban J connectivity index is 1.25. The molecule has 1 aliphatic carbocycles. The molecule has 3 heterocycles. The van der Waals surface area contributed by atoms with E-state index < -0.39 is 0 Å². The normalized spacial score (nSPS) is 13.9. The number of aromatic nitrogens is 4. The third kappa shape index (κ3) is 5.14. The second-order valence-electron chi connectivity index (χ2n) is 7.34. The summed E-state index contributed by atoms with van der Waals surface area (Å²) < 4.78 is 7.76. The molecule has 156 valence electrons. The number of nitrogens with one attached hydrogen (secondary N) is 2. The number of hydrogen-bond donors (Lipinski definition) is 2. The highest BCUT2D eigenvalue weighted by Gasteiger charge is 2.17. The van der Waals surface area contributed by atoms with E-state index in [0.29, 0.717) is 30.4 Å². The SMILES string of the molecule is Cc1nc(NCCNC(=O)c2ccc(OC3CCCC3)nc2)cc(-n2cccc2)n1. The van der Waals surface area contributed by atoms with Crippen LogP contribution in [0.1, 0.15) is 41.9 Å². The average molecular weight is 406 g/mol. The van der Waals surface area contributed by atoms with E-state index in [4.69, 9.17) is 4.74 Å². The third-order valence-corrected chi connectivity index (χ3v) is 5.00. The second-order valence-corrected chi connectivity index (χ2v) is 7.34. The van der Waals surface area contributed by atoms with Crippen molar-refractivity contribution >= 4 is 11.7 Å². The predicted octanol–water partition coefficient (Wildman–Crippen LogP) is 3.13. The first-order chi connectivity index (χ1) is 14.7. The molecule has 2 N–H and O–H groups in total. The van der Waals surface area contributed by atoms with Crippen LogP contribution < -0.4 is 15.4 Å². The minimum atomic E-state index is -0.163. The smallest absolute Gasteiger partial charge is 0.252 e. The molecule has 4 rings (SSSR count). The lowest BCUT2D eigenvalue weighted by Crippen LogP contribution is -2.29. The van der Waals surface area contributed by atoms with Crippen molar-refractivity contribution in [2.75, 3.05) is 18.4 Å². The maximum atomic E-state index is 12.3. The molecular weight excluding hydrogens is 380 g/mol. The minimum absolute atomic E-state index is 0.163. The van der Waals surface area contributed by atoms with Crippen LogP contribution in [0.3, 0.4) is 0 Å². The summed E-state index contributed by atoms with van der Waals surface area (Å²) in [6.45, 7) is 2.86. The summed E-state index contributed by atoms with van der Waals surface area (Å²) >= 11 is 0. The molecule has 0 aromatic carbocycles. The minimum Gasteiger partial charge on any atom is -0.474 e. The molecule has 0 bridgehead atoms. The predicted molar refractivity (Wildman–Crippen MR) is 114 cm³/mol. The van der Waals surface area contributed by atoms with Crippen molar-refractivity contribution in [3.8, 4) is 11.7 Å². The molecule has 8 heteroatoms. The van der Waals surface area contributed by atoms with E-state index in [9.17, 15) is 4.79 Å². The number of aryl methyl sites for hydroxylation is 1. The molecule has 0 spiro atoms. The van der Waals surface area contributed by atoms with E-state index in [1.54, 1.807) is 18.3 Å². The molecule has 3 aromatic heterocycles. The van der Waals surface area contributed by atoms with Gasteiger partial charge in [0.1, 0.15) is 23.6 Å².